The van der Waals surface area contributed by atoms with Crippen LogP contribution in [0.15, 0.2) is 54.0 Å². The third kappa shape index (κ3) is 5.49. The first-order valence-electron chi connectivity index (χ1n) is 9.76. The van der Waals surface area contributed by atoms with Crippen LogP contribution in [0.1, 0.15) is 29.8 Å². The van der Waals surface area contributed by atoms with E-state index < -0.39 is 11.3 Å². The quantitative estimate of drug-likeness (QED) is 0.495. The maximum absolute atomic E-state index is 13.1. The standard InChI is InChI=1S/C22H26N4O3S2/c1-15(2)26(31(28)29)18-8-9-20(25(3)4)19(13-18)21(27)24-14-16-6-5-7-17(12-16)22-23-10-11-30-22/h5-13,15H,14H2,1-4H3,(H,24,27)(H,28,29). The van der Waals surface area contributed by atoms with E-state index >= 15 is 0 Å². The number of carbonyl (C=O) groups is 1. The van der Waals surface area contributed by atoms with E-state index in [1.165, 1.54) is 4.31 Å². The Morgan fingerprint density at radius 1 is 1.23 bits per heavy atom. The van der Waals surface area contributed by atoms with Crippen LogP contribution >= 0.6 is 11.3 Å². The Labute approximate surface area is 189 Å². The van der Waals surface area contributed by atoms with Gasteiger partial charge in [-0.05, 0) is 43.7 Å². The van der Waals surface area contributed by atoms with Crippen LogP contribution in [0.4, 0.5) is 11.4 Å². The Balaban J connectivity index is 1.84. The average molecular weight is 459 g/mol. The van der Waals surface area contributed by atoms with Crippen molar-refractivity contribution in [3.8, 4) is 10.6 Å². The molecule has 1 atom stereocenters. The van der Waals surface area contributed by atoms with Gasteiger partial charge in [0.2, 0.25) is 0 Å². The van der Waals surface area contributed by atoms with E-state index in [1.54, 1.807) is 35.7 Å². The number of anilines is 2. The lowest BCUT2D eigenvalue weighted by atomic mass is 10.1. The molecule has 1 unspecified atom stereocenters. The lowest BCUT2D eigenvalue weighted by Crippen LogP contribution is -2.33. The topological polar surface area (TPSA) is 85.8 Å². The molecule has 0 spiro atoms. The van der Waals surface area contributed by atoms with E-state index in [1.807, 2.05) is 62.5 Å². The Hall–Kier alpha value is -2.75. The minimum atomic E-state index is -2.19. The van der Waals surface area contributed by atoms with Gasteiger partial charge in [-0.1, -0.05) is 18.2 Å². The van der Waals surface area contributed by atoms with Gasteiger partial charge in [0.1, 0.15) is 5.01 Å². The molecule has 2 aromatic carbocycles. The summed E-state index contributed by atoms with van der Waals surface area (Å²) < 4.78 is 22.8. The Morgan fingerprint density at radius 3 is 2.61 bits per heavy atom. The van der Waals surface area contributed by atoms with Crippen molar-refractivity contribution >= 4 is 39.9 Å². The predicted octanol–water partition coefficient (Wildman–Crippen LogP) is 4.16. The average Bonchev–Trinajstić information content (AvgIpc) is 3.26. The molecule has 0 aliphatic carbocycles. The number of amides is 1. The molecule has 2 N–H and O–H groups in total. The highest BCUT2D eigenvalue weighted by Crippen LogP contribution is 2.27. The molecule has 1 heterocycles. The van der Waals surface area contributed by atoms with Gasteiger partial charge in [0.25, 0.3) is 17.2 Å². The summed E-state index contributed by atoms with van der Waals surface area (Å²) in [4.78, 5) is 19.2. The molecular weight excluding hydrogens is 432 g/mol. The monoisotopic (exact) mass is 458 g/mol. The van der Waals surface area contributed by atoms with E-state index in [4.69, 9.17) is 0 Å². The molecule has 1 aromatic heterocycles. The number of rotatable bonds is 8. The van der Waals surface area contributed by atoms with Crippen LogP contribution in [-0.2, 0) is 17.8 Å². The molecule has 0 radical (unpaired) electrons. The van der Waals surface area contributed by atoms with Gasteiger partial charge in [-0.2, -0.15) is 0 Å². The second-order valence-electron chi connectivity index (χ2n) is 7.47. The number of nitrogens with zero attached hydrogens (tertiary/aromatic N) is 3. The maximum atomic E-state index is 13.1. The normalized spacial score (nSPS) is 11.9. The maximum Gasteiger partial charge on any atom is 0.262 e. The van der Waals surface area contributed by atoms with Crippen LogP contribution in [0.5, 0.6) is 0 Å². The first-order chi connectivity index (χ1) is 14.8. The lowest BCUT2D eigenvalue weighted by molar-refractivity contribution is 0.0951. The smallest absolute Gasteiger partial charge is 0.262 e. The summed E-state index contributed by atoms with van der Waals surface area (Å²) in [5.41, 5.74) is 3.65. The van der Waals surface area contributed by atoms with E-state index in [9.17, 15) is 13.6 Å². The van der Waals surface area contributed by atoms with Crippen LogP contribution in [0, 0.1) is 0 Å². The summed E-state index contributed by atoms with van der Waals surface area (Å²) in [6.45, 7) is 4.00. The Bertz CT molecular complexity index is 1070. The zero-order valence-electron chi connectivity index (χ0n) is 17.9. The van der Waals surface area contributed by atoms with Crippen LogP contribution < -0.4 is 14.5 Å². The molecule has 3 aromatic rings. The molecule has 164 valence electrons. The molecule has 0 aliphatic rings. The first-order valence-corrected chi connectivity index (χ1v) is 11.7. The summed E-state index contributed by atoms with van der Waals surface area (Å²) in [5, 5.41) is 5.83. The summed E-state index contributed by atoms with van der Waals surface area (Å²) >= 11 is -0.625. The fourth-order valence-electron chi connectivity index (χ4n) is 3.26. The summed E-state index contributed by atoms with van der Waals surface area (Å²) in [5.74, 6) is -0.252. The molecule has 31 heavy (non-hydrogen) atoms. The second kappa shape index (κ2) is 10.0. The third-order valence-electron chi connectivity index (χ3n) is 4.66. The van der Waals surface area contributed by atoms with Gasteiger partial charge < -0.3 is 10.2 Å². The van der Waals surface area contributed by atoms with E-state index in [2.05, 4.69) is 10.3 Å². The molecular formula is C22H26N4O3S2. The van der Waals surface area contributed by atoms with Gasteiger partial charge in [-0.15, -0.1) is 11.3 Å². The number of carbonyl (C=O) groups excluding carboxylic acids is 1. The molecule has 9 heteroatoms. The number of hydrogen-bond donors (Lipinski definition) is 2. The molecule has 0 saturated carbocycles. The fraction of sp³-hybridized carbons (Fsp3) is 0.273. The van der Waals surface area contributed by atoms with Crippen molar-refractivity contribution in [1.29, 1.82) is 0 Å². The van der Waals surface area contributed by atoms with Crippen LogP contribution in [0.2, 0.25) is 0 Å². The van der Waals surface area contributed by atoms with Crippen LogP contribution in [0.3, 0.4) is 0 Å². The van der Waals surface area contributed by atoms with Crippen molar-refractivity contribution in [2.75, 3.05) is 23.3 Å². The number of benzene rings is 2. The second-order valence-corrected chi connectivity index (χ2v) is 9.22. The minimum Gasteiger partial charge on any atom is -0.377 e. The van der Waals surface area contributed by atoms with Gasteiger partial charge in [0, 0.05) is 49.5 Å². The number of hydrogen-bond acceptors (Lipinski definition) is 5. The highest BCUT2D eigenvalue weighted by atomic mass is 32.2. The largest absolute Gasteiger partial charge is 0.377 e. The van der Waals surface area contributed by atoms with Crippen molar-refractivity contribution in [2.45, 2.75) is 26.4 Å². The Morgan fingerprint density at radius 2 is 2.00 bits per heavy atom. The van der Waals surface area contributed by atoms with Crippen molar-refractivity contribution in [3.63, 3.8) is 0 Å². The molecule has 0 bridgehead atoms. The third-order valence-corrected chi connectivity index (χ3v) is 6.45. The van der Waals surface area contributed by atoms with E-state index in [0.717, 1.165) is 21.8 Å². The zero-order chi connectivity index (χ0) is 22.5. The van der Waals surface area contributed by atoms with Crippen molar-refractivity contribution in [1.82, 2.24) is 10.3 Å². The van der Waals surface area contributed by atoms with E-state index in [-0.39, 0.29) is 11.9 Å². The molecule has 0 saturated heterocycles. The van der Waals surface area contributed by atoms with Crippen LogP contribution in [-0.4, -0.2) is 39.8 Å². The summed E-state index contributed by atoms with van der Waals surface area (Å²) in [6.07, 6.45) is 1.77. The van der Waals surface area contributed by atoms with Crippen LogP contribution in [0.25, 0.3) is 10.6 Å². The number of thiazole rings is 1. The van der Waals surface area contributed by atoms with Gasteiger partial charge >= 0.3 is 0 Å². The highest BCUT2D eigenvalue weighted by Gasteiger charge is 2.20. The fourth-order valence-corrected chi connectivity index (χ4v) is 4.55. The van der Waals surface area contributed by atoms with Crippen molar-refractivity contribution in [2.24, 2.45) is 0 Å². The molecule has 0 aliphatic heterocycles. The van der Waals surface area contributed by atoms with Gasteiger partial charge in [-0.25, -0.2) is 9.19 Å². The van der Waals surface area contributed by atoms with Crippen molar-refractivity contribution in [3.05, 3.63) is 65.2 Å². The predicted molar refractivity (Wildman–Crippen MR) is 128 cm³/mol. The number of aromatic nitrogens is 1. The first kappa shape index (κ1) is 22.9. The molecule has 1 amide bonds. The van der Waals surface area contributed by atoms with Gasteiger partial charge in [0.15, 0.2) is 0 Å². The molecule has 0 fully saturated rings. The molecule has 7 nitrogen and oxygen atoms in total. The Kier molecular flexibility index (Phi) is 7.42. The van der Waals surface area contributed by atoms with E-state index in [0.29, 0.717) is 17.8 Å². The van der Waals surface area contributed by atoms with Gasteiger partial charge in [0.05, 0.1) is 11.3 Å². The highest BCUT2D eigenvalue weighted by molar-refractivity contribution is 7.80. The van der Waals surface area contributed by atoms with Gasteiger partial charge in [-0.3, -0.25) is 13.7 Å². The lowest BCUT2D eigenvalue weighted by Gasteiger charge is -2.26. The SMILES string of the molecule is CC(C)N(c1ccc(N(C)C)c(C(=O)NCc2cccc(-c3nccs3)c2)c1)S(=O)O. The minimum absolute atomic E-state index is 0.208. The summed E-state index contributed by atoms with van der Waals surface area (Å²) in [6, 6.07) is 12.9. The molecule has 3 rings (SSSR count). The zero-order valence-corrected chi connectivity index (χ0v) is 19.5. The number of nitrogens with one attached hydrogen (secondary N) is 1. The summed E-state index contributed by atoms with van der Waals surface area (Å²) in [7, 11) is 3.71. The van der Waals surface area contributed by atoms with Crippen molar-refractivity contribution < 1.29 is 13.6 Å².